The van der Waals surface area contributed by atoms with Gasteiger partial charge in [-0.2, -0.15) is 0 Å². The standard InChI is InChI=1S/C19H25N3O3/c1-3-24-14-19(23)22-10-17-8-5-9-21(17)11-18(12-22)25-13-16-7-4-6-15(2)20-16/h4-9,18H,3,10-14H2,1-2H3/t18-/m1/s1. The normalized spacial score (nSPS) is 17.2. The van der Waals surface area contributed by atoms with Crippen LogP contribution in [0.3, 0.4) is 0 Å². The highest BCUT2D eigenvalue weighted by molar-refractivity contribution is 5.77. The van der Waals surface area contributed by atoms with Crippen molar-refractivity contribution in [2.45, 2.75) is 39.6 Å². The highest BCUT2D eigenvalue weighted by Crippen LogP contribution is 2.16. The van der Waals surface area contributed by atoms with Gasteiger partial charge in [0.2, 0.25) is 5.91 Å². The Bertz CT molecular complexity index is 713. The van der Waals surface area contributed by atoms with E-state index >= 15 is 0 Å². The molecule has 134 valence electrons. The van der Waals surface area contributed by atoms with Gasteiger partial charge in [-0.3, -0.25) is 9.78 Å². The van der Waals surface area contributed by atoms with Gasteiger partial charge >= 0.3 is 0 Å². The van der Waals surface area contributed by atoms with Crippen LogP contribution in [0.15, 0.2) is 36.5 Å². The van der Waals surface area contributed by atoms with Gasteiger partial charge in [-0.15, -0.1) is 0 Å². The third-order valence-electron chi connectivity index (χ3n) is 4.30. The lowest BCUT2D eigenvalue weighted by Gasteiger charge is -2.24. The molecule has 25 heavy (non-hydrogen) atoms. The SMILES string of the molecule is CCOCC(=O)N1Cc2cccn2C[C@@H](OCc2cccc(C)n2)C1. The maximum absolute atomic E-state index is 12.4. The van der Waals surface area contributed by atoms with Crippen molar-refractivity contribution in [1.29, 1.82) is 0 Å². The van der Waals surface area contributed by atoms with E-state index in [1.54, 1.807) is 0 Å². The monoisotopic (exact) mass is 343 g/mol. The Morgan fingerprint density at radius 3 is 2.96 bits per heavy atom. The molecule has 0 unspecified atom stereocenters. The summed E-state index contributed by atoms with van der Waals surface area (Å²) in [4.78, 5) is 18.7. The third-order valence-corrected chi connectivity index (χ3v) is 4.30. The van der Waals surface area contributed by atoms with E-state index in [4.69, 9.17) is 9.47 Å². The molecule has 0 fully saturated rings. The minimum atomic E-state index is -0.0819. The summed E-state index contributed by atoms with van der Waals surface area (Å²) in [6.45, 7) is 6.82. The molecule has 0 radical (unpaired) electrons. The van der Waals surface area contributed by atoms with E-state index in [9.17, 15) is 4.79 Å². The number of amides is 1. The largest absolute Gasteiger partial charge is 0.372 e. The van der Waals surface area contributed by atoms with Gasteiger partial charge in [-0.25, -0.2) is 0 Å². The molecule has 2 aromatic rings. The molecule has 0 saturated carbocycles. The fourth-order valence-corrected chi connectivity index (χ4v) is 3.01. The summed E-state index contributed by atoms with van der Waals surface area (Å²) < 4.78 is 13.5. The number of hydrogen-bond donors (Lipinski definition) is 0. The van der Waals surface area contributed by atoms with E-state index in [0.717, 1.165) is 23.6 Å². The van der Waals surface area contributed by atoms with Crippen molar-refractivity contribution in [1.82, 2.24) is 14.5 Å². The molecule has 0 bridgehead atoms. The quantitative estimate of drug-likeness (QED) is 0.806. The number of pyridine rings is 1. The summed E-state index contributed by atoms with van der Waals surface area (Å²) in [6, 6.07) is 9.96. The molecule has 6 heteroatoms. The van der Waals surface area contributed by atoms with E-state index < -0.39 is 0 Å². The molecule has 1 atom stereocenters. The number of rotatable bonds is 6. The lowest BCUT2D eigenvalue weighted by molar-refractivity contribution is -0.138. The maximum atomic E-state index is 12.4. The lowest BCUT2D eigenvalue weighted by Crippen LogP contribution is -2.39. The summed E-state index contributed by atoms with van der Waals surface area (Å²) >= 11 is 0. The van der Waals surface area contributed by atoms with Crippen LogP contribution in [0.1, 0.15) is 24.0 Å². The molecule has 1 aliphatic rings. The van der Waals surface area contributed by atoms with E-state index in [2.05, 4.69) is 9.55 Å². The fourth-order valence-electron chi connectivity index (χ4n) is 3.01. The van der Waals surface area contributed by atoms with Gasteiger partial charge in [0, 0.05) is 30.7 Å². The topological polar surface area (TPSA) is 56.6 Å². The number of fused-ring (bicyclic) bond motifs is 1. The van der Waals surface area contributed by atoms with Crippen molar-refractivity contribution in [3.63, 3.8) is 0 Å². The molecule has 1 amide bonds. The number of ether oxygens (including phenoxy) is 2. The van der Waals surface area contributed by atoms with Crippen LogP contribution >= 0.6 is 0 Å². The number of aryl methyl sites for hydroxylation is 1. The van der Waals surface area contributed by atoms with Crippen molar-refractivity contribution in [3.8, 4) is 0 Å². The molecular weight excluding hydrogens is 318 g/mol. The average molecular weight is 343 g/mol. The zero-order valence-electron chi connectivity index (χ0n) is 14.9. The second-order valence-electron chi connectivity index (χ2n) is 6.27. The number of carbonyl (C=O) groups is 1. The second kappa shape index (κ2) is 8.27. The molecule has 3 rings (SSSR count). The Labute approximate surface area is 148 Å². The first-order valence-corrected chi connectivity index (χ1v) is 8.69. The van der Waals surface area contributed by atoms with E-state index in [-0.39, 0.29) is 18.6 Å². The summed E-state index contributed by atoms with van der Waals surface area (Å²) in [5.74, 6) is -0.00113. The van der Waals surface area contributed by atoms with Crippen molar-refractivity contribution in [2.24, 2.45) is 0 Å². The zero-order valence-corrected chi connectivity index (χ0v) is 14.9. The maximum Gasteiger partial charge on any atom is 0.249 e. The number of nitrogens with zero attached hydrogens (tertiary/aromatic N) is 3. The Morgan fingerprint density at radius 1 is 1.28 bits per heavy atom. The van der Waals surface area contributed by atoms with Crippen LogP contribution < -0.4 is 0 Å². The van der Waals surface area contributed by atoms with Crippen LogP contribution in [0.25, 0.3) is 0 Å². The summed E-state index contributed by atoms with van der Waals surface area (Å²) in [7, 11) is 0. The van der Waals surface area contributed by atoms with Crippen molar-refractivity contribution in [2.75, 3.05) is 19.8 Å². The second-order valence-corrected chi connectivity index (χ2v) is 6.27. The number of aromatic nitrogens is 2. The van der Waals surface area contributed by atoms with Gasteiger partial charge in [0.15, 0.2) is 0 Å². The van der Waals surface area contributed by atoms with E-state index in [1.165, 1.54) is 0 Å². The molecule has 3 heterocycles. The Kier molecular flexibility index (Phi) is 5.83. The van der Waals surface area contributed by atoms with Gasteiger partial charge in [0.05, 0.1) is 31.5 Å². The van der Waals surface area contributed by atoms with Crippen LogP contribution in [0.5, 0.6) is 0 Å². The van der Waals surface area contributed by atoms with Crippen molar-refractivity contribution in [3.05, 3.63) is 53.6 Å². The Balaban J connectivity index is 1.68. The highest BCUT2D eigenvalue weighted by Gasteiger charge is 2.25. The van der Waals surface area contributed by atoms with Gasteiger partial charge in [0.1, 0.15) is 6.61 Å². The first-order valence-electron chi connectivity index (χ1n) is 8.69. The Hall–Kier alpha value is -2.18. The van der Waals surface area contributed by atoms with E-state index in [0.29, 0.717) is 26.3 Å². The number of hydrogen-bond acceptors (Lipinski definition) is 4. The molecule has 0 spiro atoms. The van der Waals surface area contributed by atoms with Crippen LogP contribution in [-0.4, -0.2) is 46.2 Å². The smallest absolute Gasteiger partial charge is 0.249 e. The molecule has 2 aromatic heterocycles. The third kappa shape index (κ3) is 4.67. The lowest BCUT2D eigenvalue weighted by atomic mass is 10.3. The van der Waals surface area contributed by atoms with Gasteiger partial charge < -0.3 is 18.9 Å². The van der Waals surface area contributed by atoms with Gasteiger partial charge in [-0.1, -0.05) is 6.07 Å². The fraction of sp³-hybridized carbons (Fsp3) is 0.474. The summed E-state index contributed by atoms with van der Waals surface area (Å²) in [6.07, 6.45) is 1.95. The van der Waals surface area contributed by atoms with Crippen LogP contribution in [0.4, 0.5) is 0 Å². The molecule has 6 nitrogen and oxygen atoms in total. The highest BCUT2D eigenvalue weighted by atomic mass is 16.5. The van der Waals surface area contributed by atoms with E-state index in [1.807, 2.05) is 55.3 Å². The predicted octanol–water partition coefficient (Wildman–Crippen LogP) is 2.16. The first-order chi connectivity index (χ1) is 12.2. The van der Waals surface area contributed by atoms with Crippen LogP contribution in [0.2, 0.25) is 0 Å². The average Bonchev–Trinajstić information content (AvgIpc) is 2.96. The predicted molar refractivity (Wildman–Crippen MR) is 93.9 cm³/mol. The van der Waals surface area contributed by atoms with Gasteiger partial charge in [0.25, 0.3) is 0 Å². The minimum Gasteiger partial charge on any atom is -0.372 e. The van der Waals surface area contributed by atoms with Crippen LogP contribution in [0, 0.1) is 6.92 Å². The van der Waals surface area contributed by atoms with Crippen molar-refractivity contribution >= 4 is 5.91 Å². The molecule has 0 N–H and O–H groups in total. The molecule has 1 aliphatic heterocycles. The van der Waals surface area contributed by atoms with Crippen LogP contribution in [-0.2, 0) is 34.0 Å². The molecular formula is C19H25N3O3. The first kappa shape index (κ1) is 17.6. The molecule has 0 saturated heterocycles. The minimum absolute atomic E-state index is 0.00113. The number of carbonyl (C=O) groups excluding carboxylic acids is 1. The summed E-state index contributed by atoms with van der Waals surface area (Å²) in [5.41, 5.74) is 3.00. The zero-order chi connectivity index (χ0) is 17.6. The summed E-state index contributed by atoms with van der Waals surface area (Å²) in [5, 5.41) is 0. The van der Waals surface area contributed by atoms with Crippen molar-refractivity contribution < 1.29 is 14.3 Å². The van der Waals surface area contributed by atoms with Gasteiger partial charge in [-0.05, 0) is 38.1 Å². The Morgan fingerprint density at radius 2 is 2.16 bits per heavy atom. The molecule has 0 aliphatic carbocycles. The molecule has 0 aromatic carbocycles.